The van der Waals surface area contributed by atoms with E-state index in [1.54, 1.807) is 4.90 Å². The van der Waals surface area contributed by atoms with Gasteiger partial charge in [0.15, 0.2) is 0 Å². The Kier molecular flexibility index (Phi) is 5.08. The van der Waals surface area contributed by atoms with Crippen LogP contribution in [-0.2, 0) is 6.54 Å². The van der Waals surface area contributed by atoms with E-state index in [0.29, 0.717) is 6.54 Å². The maximum absolute atomic E-state index is 11.2. The molecule has 2 aromatic rings. The Balaban J connectivity index is 2.36. The Morgan fingerprint density at radius 2 is 2.05 bits per heavy atom. The zero-order valence-corrected chi connectivity index (χ0v) is 11.9. The van der Waals surface area contributed by atoms with Crippen LogP contribution in [0.3, 0.4) is 0 Å². The summed E-state index contributed by atoms with van der Waals surface area (Å²) in [6.07, 6.45) is 1.36. The fourth-order valence-electron chi connectivity index (χ4n) is 1.98. The van der Waals surface area contributed by atoms with Crippen molar-refractivity contribution in [1.29, 1.82) is 0 Å². The largest absolute Gasteiger partial charge is 0.395 e. The van der Waals surface area contributed by atoms with E-state index in [2.05, 4.69) is 4.98 Å². The summed E-state index contributed by atoms with van der Waals surface area (Å²) in [4.78, 5) is 16.3. The lowest BCUT2D eigenvalue weighted by atomic mass is 10.2. The predicted octanol–water partition coefficient (Wildman–Crippen LogP) is 2.64. The molecule has 0 aliphatic heterocycles. The van der Waals surface area contributed by atoms with Crippen LogP contribution in [0.1, 0.15) is 5.56 Å². The minimum absolute atomic E-state index is 0.131. The van der Waals surface area contributed by atoms with Gasteiger partial charge in [0.1, 0.15) is 0 Å². The number of pyridine rings is 1. The Morgan fingerprint density at radius 1 is 1.33 bits per heavy atom. The van der Waals surface area contributed by atoms with E-state index in [0.717, 1.165) is 5.56 Å². The molecule has 0 saturated carbocycles. The van der Waals surface area contributed by atoms with Crippen molar-refractivity contribution in [2.75, 3.05) is 18.1 Å². The molecule has 0 atom stereocenters. The minimum atomic E-state index is -0.524. The molecule has 0 radical (unpaired) electrons. The molecule has 0 unspecified atom stereocenters. The zero-order chi connectivity index (χ0) is 15.2. The molecule has 6 nitrogen and oxygen atoms in total. The SMILES string of the molecule is O=[N+]([O-])c1cc(Cl)cnc1N(CCO)Cc1ccccc1. The number of aliphatic hydroxyl groups is 1. The van der Waals surface area contributed by atoms with E-state index in [4.69, 9.17) is 11.6 Å². The van der Waals surface area contributed by atoms with Gasteiger partial charge in [-0.2, -0.15) is 0 Å². The van der Waals surface area contributed by atoms with E-state index < -0.39 is 4.92 Å². The summed E-state index contributed by atoms with van der Waals surface area (Å²) in [5.41, 5.74) is 0.795. The van der Waals surface area contributed by atoms with Crippen LogP contribution >= 0.6 is 11.6 Å². The van der Waals surface area contributed by atoms with Crippen molar-refractivity contribution in [3.8, 4) is 0 Å². The number of anilines is 1. The highest BCUT2D eigenvalue weighted by atomic mass is 35.5. The molecule has 0 amide bonds. The summed E-state index contributed by atoms with van der Waals surface area (Å²) < 4.78 is 0. The van der Waals surface area contributed by atoms with Gasteiger partial charge in [-0.25, -0.2) is 4.98 Å². The third-order valence-corrected chi connectivity index (χ3v) is 3.10. The Morgan fingerprint density at radius 3 is 2.67 bits per heavy atom. The van der Waals surface area contributed by atoms with Crippen molar-refractivity contribution in [2.45, 2.75) is 6.54 Å². The summed E-state index contributed by atoms with van der Waals surface area (Å²) in [5, 5.41) is 20.6. The second kappa shape index (κ2) is 7.01. The molecule has 0 fully saturated rings. The quantitative estimate of drug-likeness (QED) is 0.655. The van der Waals surface area contributed by atoms with E-state index in [-0.39, 0.29) is 29.7 Å². The normalized spacial score (nSPS) is 10.4. The molecule has 1 aromatic heterocycles. The molecule has 2 rings (SSSR count). The van der Waals surface area contributed by atoms with Crippen LogP contribution in [0.4, 0.5) is 11.5 Å². The molecule has 0 aliphatic carbocycles. The van der Waals surface area contributed by atoms with Crippen molar-refractivity contribution in [1.82, 2.24) is 4.98 Å². The molecule has 21 heavy (non-hydrogen) atoms. The lowest BCUT2D eigenvalue weighted by Gasteiger charge is -2.22. The smallest absolute Gasteiger partial charge is 0.313 e. The van der Waals surface area contributed by atoms with Gasteiger partial charge in [0.25, 0.3) is 0 Å². The van der Waals surface area contributed by atoms with Crippen LogP contribution in [0, 0.1) is 10.1 Å². The zero-order valence-electron chi connectivity index (χ0n) is 11.1. The molecule has 0 bridgehead atoms. The Labute approximate surface area is 126 Å². The van der Waals surface area contributed by atoms with Crippen molar-refractivity contribution in [2.24, 2.45) is 0 Å². The Hall–Kier alpha value is -2.18. The molecule has 1 N–H and O–H groups in total. The number of hydrogen-bond acceptors (Lipinski definition) is 5. The molecule has 7 heteroatoms. The maximum Gasteiger partial charge on any atom is 0.313 e. The second-order valence-corrected chi connectivity index (χ2v) is 4.82. The van der Waals surface area contributed by atoms with Crippen LogP contribution in [-0.4, -0.2) is 28.2 Å². The van der Waals surface area contributed by atoms with E-state index in [1.165, 1.54) is 12.3 Å². The topological polar surface area (TPSA) is 79.5 Å². The average molecular weight is 308 g/mol. The molecule has 1 aromatic carbocycles. The van der Waals surface area contributed by atoms with Crippen molar-refractivity contribution < 1.29 is 10.0 Å². The first-order chi connectivity index (χ1) is 10.1. The fourth-order valence-corrected chi connectivity index (χ4v) is 2.14. The number of aliphatic hydroxyl groups excluding tert-OH is 1. The van der Waals surface area contributed by atoms with Crippen LogP contribution in [0.5, 0.6) is 0 Å². The van der Waals surface area contributed by atoms with Gasteiger partial charge < -0.3 is 10.0 Å². The standard InChI is InChI=1S/C14H14ClN3O3/c15-12-8-13(18(20)21)14(16-9-12)17(6-7-19)10-11-4-2-1-3-5-11/h1-5,8-9,19H,6-7,10H2. The van der Waals surface area contributed by atoms with Crippen molar-refractivity contribution >= 4 is 23.1 Å². The molecule has 110 valence electrons. The first-order valence-electron chi connectivity index (χ1n) is 6.31. The highest BCUT2D eigenvalue weighted by molar-refractivity contribution is 6.30. The third-order valence-electron chi connectivity index (χ3n) is 2.90. The molecular weight excluding hydrogens is 294 g/mol. The fraction of sp³-hybridized carbons (Fsp3) is 0.214. The summed E-state index contributed by atoms with van der Waals surface area (Å²) >= 11 is 5.77. The lowest BCUT2D eigenvalue weighted by Crippen LogP contribution is -2.27. The second-order valence-electron chi connectivity index (χ2n) is 4.38. The van der Waals surface area contributed by atoms with Gasteiger partial charge in [-0.05, 0) is 5.56 Å². The van der Waals surface area contributed by atoms with E-state index in [1.807, 2.05) is 30.3 Å². The summed E-state index contributed by atoms with van der Waals surface area (Å²) in [7, 11) is 0. The summed E-state index contributed by atoms with van der Waals surface area (Å²) in [6.45, 7) is 0.523. The van der Waals surface area contributed by atoms with Gasteiger partial charge in [0.2, 0.25) is 5.82 Å². The van der Waals surface area contributed by atoms with Crippen LogP contribution < -0.4 is 4.90 Å². The van der Waals surface area contributed by atoms with E-state index >= 15 is 0 Å². The number of hydrogen-bond donors (Lipinski definition) is 1. The number of nitrogens with zero attached hydrogens (tertiary/aromatic N) is 3. The number of nitro groups is 1. The first kappa shape index (κ1) is 15.2. The molecular formula is C14H14ClN3O3. The minimum Gasteiger partial charge on any atom is -0.395 e. The van der Waals surface area contributed by atoms with Gasteiger partial charge in [0, 0.05) is 25.4 Å². The number of rotatable bonds is 6. The van der Waals surface area contributed by atoms with Gasteiger partial charge in [-0.15, -0.1) is 0 Å². The predicted molar refractivity (Wildman–Crippen MR) is 80.5 cm³/mol. The molecule has 1 heterocycles. The summed E-state index contributed by atoms with van der Waals surface area (Å²) in [5.74, 6) is 0.197. The number of aromatic nitrogens is 1. The lowest BCUT2D eigenvalue weighted by molar-refractivity contribution is -0.384. The molecule has 0 spiro atoms. The first-order valence-corrected chi connectivity index (χ1v) is 6.69. The highest BCUT2D eigenvalue weighted by Gasteiger charge is 2.21. The van der Waals surface area contributed by atoms with Gasteiger partial charge in [0.05, 0.1) is 16.6 Å². The third kappa shape index (κ3) is 3.90. The van der Waals surface area contributed by atoms with Crippen LogP contribution in [0.25, 0.3) is 0 Å². The monoisotopic (exact) mass is 307 g/mol. The van der Waals surface area contributed by atoms with Crippen molar-refractivity contribution in [3.63, 3.8) is 0 Å². The van der Waals surface area contributed by atoms with Gasteiger partial charge in [-0.1, -0.05) is 41.9 Å². The van der Waals surface area contributed by atoms with Gasteiger partial charge >= 0.3 is 5.69 Å². The Bertz CT molecular complexity index is 622. The maximum atomic E-state index is 11.2. The molecule has 0 saturated heterocycles. The number of benzene rings is 1. The van der Waals surface area contributed by atoms with Crippen LogP contribution in [0.15, 0.2) is 42.6 Å². The van der Waals surface area contributed by atoms with Crippen LogP contribution in [0.2, 0.25) is 5.02 Å². The van der Waals surface area contributed by atoms with Gasteiger partial charge in [-0.3, -0.25) is 10.1 Å². The molecule has 0 aliphatic rings. The highest BCUT2D eigenvalue weighted by Crippen LogP contribution is 2.29. The summed E-state index contributed by atoms with van der Waals surface area (Å²) in [6, 6.07) is 10.7. The van der Waals surface area contributed by atoms with E-state index in [9.17, 15) is 15.2 Å². The average Bonchev–Trinajstić information content (AvgIpc) is 2.48. The number of halogens is 1. The van der Waals surface area contributed by atoms with Crippen molar-refractivity contribution in [3.05, 3.63) is 63.3 Å².